The largest absolute Gasteiger partial charge is 0.396 e. The SMILES string of the molecule is C=CC#N.NCCCOCC1CCC(n2cc([N+](=O)[O-])c(C(F)F)n2)CC1.O=[N+]([O-])c1cn(C2CCC(CO)CC2)nc1C(F)F.[C-]#[N+]CCOCC1CCC(n2cc([N+](=O)[O-])c(C(F)F)n2)CC1. The predicted octanol–water partition coefficient (Wildman–Crippen LogP) is 9.37. The Morgan fingerprint density at radius 3 is 1.28 bits per heavy atom. The zero-order valence-corrected chi connectivity index (χ0v) is 37.8. The van der Waals surface area contributed by atoms with Crippen LogP contribution in [-0.2, 0) is 9.47 Å². The number of aliphatic hydroxyl groups is 1. The molecule has 0 amide bonds. The molecule has 0 bridgehead atoms. The van der Waals surface area contributed by atoms with Crippen molar-refractivity contribution in [3.8, 4) is 6.07 Å². The monoisotopic (exact) mass is 988 g/mol. The molecule has 0 aromatic carbocycles. The van der Waals surface area contributed by atoms with Crippen LogP contribution in [0.15, 0.2) is 31.2 Å². The molecule has 3 heterocycles. The van der Waals surface area contributed by atoms with Gasteiger partial charge in [-0.25, -0.2) is 32.9 Å². The van der Waals surface area contributed by atoms with Gasteiger partial charge in [0.05, 0.1) is 39.0 Å². The van der Waals surface area contributed by atoms with Crippen molar-refractivity contribution in [3.05, 3.63) is 90.1 Å². The van der Waals surface area contributed by atoms with Crippen LogP contribution in [0.4, 0.5) is 43.4 Å². The average molecular weight is 989 g/mol. The minimum absolute atomic E-state index is 0.0681. The maximum Gasteiger partial charge on any atom is 0.316 e. The molecule has 3 aliphatic carbocycles. The Kier molecular flexibility index (Phi) is 24.7. The molecule has 3 N–H and O–H groups in total. The Labute approximate surface area is 393 Å². The van der Waals surface area contributed by atoms with Crippen molar-refractivity contribution in [3.63, 3.8) is 0 Å². The molecule has 0 saturated heterocycles. The smallest absolute Gasteiger partial charge is 0.316 e. The Morgan fingerprint density at radius 2 is 1.03 bits per heavy atom. The number of aliphatic hydroxyl groups excluding tert-OH is 1. The maximum absolute atomic E-state index is 12.8. The van der Waals surface area contributed by atoms with Crippen LogP contribution < -0.4 is 5.73 Å². The Balaban J connectivity index is 0.000000264. The van der Waals surface area contributed by atoms with Crippen LogP contribution in [0.5, 0.6) is 0 Å². The van der Waals surface area contributed by atoms with Gasteiger partial charge in [0.25, 0.3) is 19.3 Å². The minimum atomic E-state index is -2.95. The molecule has 0 aliphatic heterocycles. The summed E-state index contributed by atoms with van der Waals surface area (Å²) < 4.78 is 91.5. The van der Waals surface area contributed by atoms with Gasteiger partial charge in [-0.2, -0.15) is 20.6 Å². The first-order valence-electron chi connectivity index (χ1n) is 22.3. The fourth-order valence-corrected chi connectivity index (χ4v) is 8.18. The first-order valence-corrected chi connectivity index (χ1v) is 22.3. The Bertz CT molecular complexity index is 2140. The lowest BCUT2D eigenvalue weighted by Crippen LogP contribution is -2.22. The second kappa shape index (κ2) is 29.8. The van der Waals surface area contributed by atoms with E-state index in [1.54, 1.807) is 6.07 Å². The van der Waals surface area contributed by atoms with Gasteiger partial charge in [-0.15, -0.1) is 0 Å². The number of alkyl halides is 6. The highest BCUT2D eigenvalue weighted by Crippen LogP contribution is 2.38. The maximum atomic E-state index is 12.8. The van der Waals surface area contributed by atoms with Gasteiger partial charge in [-0.3, -0.25) is 44.4 Å². The highest BCUT2D eigenvalue weighted by molar-refractivity contribution is 5.35. The van der Waals surface area contributed by atoms with Gasteiger partial charge in [-0.1, -0.05) is 6.58 Å². The highest BCUT2D eigenvalue weighted by atomic mass is 19.3. The second-order valence-corrected chi connectivity index (χ2v) is 16.5. The van der Waals surface area contributed by atoms with Crippen molar-refractivity contribution in [1.29, 1.82) is 5.26 Å². The van der Waals surface area contributed by atoms with Gasteiger partial charge in [0.15, 0.2) is 0 Å². The van der Waals surface area contributed by atoms with Gasteiger partial charge >= 0.3 is 17.1 Å². The van der Waals surface area contributed by atoms with Gasteiger partial charge in [0.1, 0.15) is 25.2 Å². The molecule has 0 spiro atoms. The zero-order valence-electron chi connectivity index (χ0n) is 37.8. The second-order valence-electron chi connectivity index (χ2n) is 16.5. The number of aromatic nitrogens is 6. The fourth-order valence-electron chi connectivity index (χ4n) is 8.18. The van der Waals surface area contributed by atoms with Crippen LogP contribution in [-0.4, -0.2) is 95.3 Å². The van der Waals surface area contributed by atoms with Gasteiger partial charge in [-0.05, 0) is 108 Å². The summed E-state index contributed by atoms with van der Waals surface area (Å²) in [5.74, 6) is 1.04. The van der Waals surface area contributed by atoms with Crippen LogP contribution >= 0.6 is 0 Å². The van der Waals surface area contributed by atoms with Crippen LogP contribution in [0.3, 0.4) is 0 Å². The molecule has 0 radical (unpaired) electrons. The van der Waals surface area contributed by atoms with E-state index < -0.39 is 68.2 Å². The molecular weight excluding hydrogens is 931 g/mol. The molecule has 6 rings (SSSR count). The lowest BCUT2D eigenvalue weighted by atomic mass is 9.86. The summed E-state index contributed by atoms with van der Waals surface area (Å²) in [5.41, 5.74) is 1.26. The quantitative estimate of drug-likeness (QED) is 0.0283. The van der Waals surface area contributed by atoms with E-state index in [4.69, 9.17) is 32.1 Å². The number of allylic oxidation sites excluding steroid dienone is 1. The van der Waals surface area contributed by atoms with E-state index in [1.165, 1.54) is 20.1 Å². The zero-order chi connectivity index (χ0) is 51.0. The van der Waals surface area contributed by atoms with Crippen molar-refractivity contribution >= 4 is 17.1 Å². The summed E-state index contributed by atoms with van der Waals surface area (Å²) in [6, 6.07) is 1.43. The summed E-state index contributed by atoms with van der Waals surface area (Å²) in [6.07, 6.45) is 5.86. The van der Waals surface area contributed by atoms with Crippen LogP contribution in [0, 0.1) is 66.0 Å². The molecule has 3 aromatic heterocycles. The summed E-state index contributed by atoms with van der Waals surface area (Å²) in [4.78, 5) is 33.1. The predicted molar refractivity (Wildman–Crippen MR) is 234 cm³/mol. The molecule has 3 saturated carbocycles. The molecule has 3 fully saturated rings. The normalized spacial score (nSPS) is 21.1. The van der Waals surface area contributed by atoms with Gasteiger partial charge in [0.2, 0.25) is 23.6 Å². The minimum Gasteiger partial charge on any atom is -0.396 e. The fraction of sp³-hybridized carbons (Fsp3) is 0.690. The van der Waals surface area contributed by atoms with E-state index in [1.807, 2.05) is 0 Å². The van der Waals surface area contributed by atoms with Crippen LogP contribution in [0.25, 0.3) is 4.85 Å². The molecule has 0 atom stereocenters. The van der Waals surface area contributed by atoms with Crippen molar-refractivity contribution < 1.29 is 55.7 Å². The highest BCUT2D eigenvalue weighted by Gasteiger charge is 2.33. The summed E-state index contributed by atoms with van der Waals surface area (Å²) >= 11 is 0. The van der Waals surface area contributed by atoms with Gasteiger partial charge in [0, 0.05) is 32.5 Å². The lowest BCUT2D eigenvalue weighted by Gasteiger charge is -2.28. The molecule has 3 aliphatic rings. The number of nitro groups is 3. The third kappa shape index (κ3) is 18.1. The molecule has 0 unspecified atom stereocenters. The van der Waals surface area contributed by atoms with E-state index >= 15 is 0 Å². The third-order valence-corrected chi connectivity index (χ3v) is 11.9. The summed E-state index contributed by atoms with van der Waals surface area (Å²) in [5, 5.41) is 60.1. The van der Waals surface area contributed by atoms with E-state index in [2.05, 4.69) is 26.7 Å². The first-order chi connectivity index (χ1) is 33.0. The third-order valence-electron chi connectivity index (χ3n) is 11.9. The number of hydrogen-bond acceptors (Lipinski definition) is 14. The van der Waals surface area contributed by atoms with E-state index in [9.17, 15) is 56.7 Å². The molecule has 382 valence electrons. The van der Waals surface area contributed by atoms with E-state index in [0.29, 0.717) is 64.2 Å². The van der Waals surface area contributed by atoms with Gasteiger partial charge < -0.3 is 25.2 Å². The molecule has 27 heteroatoms. The van der Waals surface area contributed by atoms with Crippen molar-refractivity contribution in [1.82, 2.24) is 29.3 Å². The molecule has 3 aromatic rings. The van der Waals surface area contributed by atoms with Crippen molar-refractivity contribution in [2.45, 2.75) is 121 Å². The van der Waals surface area contributed by atoms with Crippen molar-refractivity contribution in [2.24, 2.45) is 23.5 Å². The summed E-state index contributed by atoms with van der Waals surface area (Å²) in [7, 11) is 0. The number of ether oxygens (including phenoxy) is 2. The number of nitrogens with two attached hydrogens (primary N) is 1. The molecular formula is C42H58F6N12O9. The van der Waals surface area contributed by atoms with Crippen LogP contribution in [0.2, 0.25) is 0 Å². The number of rotatable bonds is 19. The summed E-state index contributed by atoms with van der Waals surface area (Å²) in [6.45, 7) is 13.2. The average Bonchev–Trinajstić information content (AvgIpc) is 4.12. The van der Waals surface area contributed by atoms with E-state index in [0.717, 1.165) is 89.2 Å². The number of nitriles is 1. The molecule has 69 heavy (non-hydrogen) atoms. The topological polar surface area (TPSA) is 276 Å². The molecule has 21 nitrogen and oxygen atoms in total. The number of halogens is 6. The van der Waals surface area contributed by atoms with Crippen LogP contribution in [0.1, 0.15) is 138 Å². The Hall–Kier alpha value is -6.03. The van der Waals surface area contributed by atoms with Crippen molar-refractivity contribution in [2.75, 3.05) is 46.1 Å². The lowest BCUT2D eigenvalue weighted by molar-refractivity contribution is -0.386. The van der Waals surface area contributed by atoms with E-state index in [-0.39, 0.29) is 30.7 Å². The number of hydrogen-bond donors (Lipinski definition) is 2. The standard InChI is InChI=1S/C14H18F2N4O3.C14H22F2N4O3.C11H15F2N3O3.C3H3N/c1-17-6-7-23-9-10-2-4-11(5-3-10)19-8-12(20(21)22)13(18-19)14(15)16;15-14(16)13-12(20(21)22)8-19(18-13)11-4-2-10(3-5-11)9-23-7-1-6-17;12-11(13)10-9(16(18)19)5-15(14-10)8-3-1-7(6-17)2-4-8;1-2-3-4/h8,10-11,14H,2-7,9H2;8,10-11,14H,1-7,9,17H2;5,7-8,11,17H,1-4,6H2;2H,1H2. The number of nitrogens with zero attached hydrogens (tertiary/aromatic N) is 11. The Morgan fingerprint density at radius 1 is 0.710 bits per heavy atom. The first kappa shape index (κ1) is 57.3.